The van der Waals surface area contributed by atoms with Crippen LogP contribution in [-0.2, 0) is 4.74 Å². The Morgan fingerprint density at radius 3 is 3.11 bits per heavy atom. The van der Waals surface area contributed by atoms with Crippen molar-refractivity contribution in [2.75, 3.05) is 19.7 Å². The molecule has 104 valence electrons. The van der Waals surface area contributed by atoms with E-state index >= 15 is 0 Å². The van der Waals surface area contributed by atoms with Crippen molar-refractivity contribution >= 4 is 22.0 Å². The van der Waals surface area contributed by atoms with E-state index in [9.17, 15) is 4.79 Å². The molecule has 1 aromatic rings. The number of carbonyl (C=O) groups excluding carboxylic acids is 1. The van der Waals surface area contributed by atoms with Crippen LogP contribution in [0.15, 0.2) is 28.7 Å². The maximum Gasteiger partial charge on any atom is 0.409 e. The SMILES string of the molecule is CCOC(=O)N1CCCC(Oc2cccc(Br)c2)C1. The summed E-state index contributed by atoms with van der Waals surface area (Å²) in [5.41, 5.74) is 0. The highest BCUT2D eigenvalue weighted by molar-refractivity contribution is 9.10. The summed E-state index contributed by atoms with van der Waals surface area (Å²) in [6, 6.07) is 7.75. The molecule has 0 N–H and O–H groups in total. The van der Waals surface area contributed by atoms with Crippen LogP contribution in [0.5, 0.6) is 5.75 Å². The van der Waals surface area contributed by atoms with Crippen LogP contribution in [0.2, 0.25) is 0 Å². The number of hydrogen-bond acceptors (Lipinski definition) is 3. The fraction of sp³-hybridized carbons (Fsp3) is 0.500. The molecule has 1 heterocycles. The number of rotatable bonds is 3. The minimum Gasteiger partial charge on any atom is -0.489 e. The summed E-state index contributed by atoms with van der Waals surface area (Å²) in [6.07, 6.45) is 1.69. The lowest BCUT2D eigenvalue weighted by molar-refractivity contribution is 0.0611. The fourth-order valence-corrected chi connectivity index (χ4v) is 2.53. The molecule has 0 spiro atoms. The molecular weight excluding hydrogens is 310 g/mol. The molecule has 1 saturated heterocycles. The molecule has 1 fully saturated rings. The van der Waals surface area contributed by atoms with E-state index in [4.69, 9.17) is 9.47 Å². The second-order valence-corrected chi connectivity index (χ2v) is 5.40. The first-order valence-corrected chi connectivity index (χ1v) is 7.32. The Balaban J connectivity index is 1.92. The zero-order valence-electron chi connectivity index (χ0n) is 11.0. The highest BCUT2D eigenvalue weighted by Gasteiger charge is 2.25. The molecule has 4 nitrogen and oxygen atoms in total. The Bertz CT molecular complexity index is 438. The Hall–Kier alpha value is -1.23. The molecule has 2 rings (SSSR count). The van der Waals surface area contributed by atoms with Crippen molar-refractivity contribution in [2.24, 2.45) is 0 Å². The molecule has 1 atom stereocenters. The first-order chi connectivity index (χ1) is 9.19. The number of piperidine rings is 1. The molecule has 5 heteroatoms. The Kier molecular flexibility index (Phi) is 5.07. The predicted molar refractivity (Wildman–Crippen MR) is 76.4 cm³/mol. The summed E-state index contributed by atoms with van der Waals surface area (Å²) in [4.78, 5) is 13.4. The van der Waals surface area contributed by atoms with Crippen molar-refractivity contribution in [2.45, 2.75) is 25.9 Å². The fourth-order valence-electron chi connectivity index (χ4n) is 2.15. The predicted octanol–water partition coefficient (Wildman–Crippen LogP) is 3.45. The van der Waals surface area contributed by atoms with Crippen molar-refractivity contribution in [1.82, 2.24) is 4.90 Å². The molecule has 19 heavy (non-hydrogen) atoms. The number of carbonyl (C=O) groups is 1. The summed E-state index contributed by atoms with van der Waals surface area (Å²) in [7, 11) is 0. The van der Waals surface area contributed by atoms with Gasteiger partial charge in [0.2, 0.25) is 0 Å². The molecule has 0 bridgehead atoms. The van der Waals surface area contributed by atoms with Crippen LogP contribution < -0.4 is 4.74 Å². The number of hydrogen-bond donors (Lipinski definition) is 0. The van der Waals surface area contributed by atoms with Gasteiger partial charge in [-0.3, -0.25) is 0 Å². The van der Waals surface area contributed by atoms with Crippen LogP contribution in [0.1, 0.15) is 19.8 Å². The molecule has 0 aromatic heterocycles. The summed E-state index contributed by atoms with van der Waals surface area (Å²) in [5, 5.41) is 0. The van der Waals surface area contributed by atoms with E-state index in [1.54, 1.807) is 4.90 Å². The summed E-state index contributed by atoms with van der Waals surface area (Å²) in [6.45, 7) is 3.56. The van der Waals surface area contributed by atoms with Gasteiger partial charge < -0.3 is 14.4 Å². The van der Waals surface area contributed by atoms with Gasteiger partial charge in [-0.2, -0.15) is 0 Å². The highest BCUT2D eigenvalue weighted by Crippen LogP contribution is 2.22. The van der Waals surface area contributed by atoms with Gasteiger partial charge in [0.1, 0.15) is 11.9 Å². The zero-order valence-corrected chi connectivity index (χ0v) is 12.6. The van der Waals surface area contributed by atoms with Gasteiger partial charge in [0.25, 0.3) is 0 Å². The van der Waals surface area contributed by atoms with E-state index in [1.807, 2.05) is 31.2 Å². The third-order valence-electron chi connectivity index (χ3n) is 3.00. The van der Waals surface area contributed by atoms with E-state index in [1.165, 1.54) is 0 Å². The smallest absolute Gasteiger partial charge is 0.409 e. The molecule has 1 unspecified atom stereocenters. The minimum absolute atomic E-state index is 0.0347. The third-order valence-corrected chi connectivity index (χ3v) is 3.50. The van der Waals surface area contributed by atoms with Crippen LogP contribution in [-0.4, -0.2) is 36.8 Å². The number of nitrogens with zero attached hydrogens (tertiary/aromatic N) is 1. The first-order valence-electron chi connectivity index (χ1n) is 6.53. The van der Waals surface area contributed by atoms with Gasteiger partial charge in [0.05, 0.1) is 13.2 Å². The van der Waals surface area contributed by atoms with Crippen molar-refractivity contribution in [3.8, 4) is 5.75 Å². The molecule has 1 aliphatic heterocycles. The van der Waals surface area contributed by atoms with E-state index < -0.39 is 0 Å². The average Bonchev–Trinajstić information content (AvgIpc) is 2.39. The standard InChI is InChI=1S/C14H18BrNO3/c1-2-18-14(17)16-8-4-7-13(10-16)19-12-6-3-5-11(15)9-12/h3,5-6,9,13H,2,4,7-8,10H2,1H3. The van der Waals surface area contributed by atoms with Crippen LogP contribution in [0, 0.1) is 0 Å². The lowest BCUT2D eigenvalue weighted by Gasteiger charge is -2.32. The van der Waals surface area contributed by atoms with Crippen molar-refractivity contribution in [3.05, 3.63) is 28.7 Å². The summed E-state index contributed by atoms with van der Waals surface area (Å²) < 4.78 is 11.9. The van der Waals surface area contributed by atoms with Crippen LogP contribution in [0.25, 0.3) is 0 Å². The number of ether oxygens (including phenoxy) is 2. The number of benzene rings is 1. The Morgan fingerprint density at radius 1 is 1.53 bits per heavy atom. The normalized spacial score (nSPS) is 19.1. The van der Waals surface area contributed by atoms with Gasteiger partial charge in [-0.05, 0) is 38.0 Å². The maximum absolute atomic E-state index is 11.7. The summed E-state index contributed by atoms with van der Waals surface area (Å²) in [5.74, 6) is 0.824. The van der Waals surface area contributed by atoms with E-state index in [0.29, 0.717) is 13.2 Å². The second-order valence-electron chi connectivity index (χ2n) is 4.48. The molecule has 1 aromatic carbocycles. The minimum atomic E-state index is -0.245. The Labute approximate surface area is 121 Å². The van der Waals surface area contributed by atoms with Gasteiger partial charge in [-0.1, -0.05) is 22.0 Å². The second kappa shape index (κ2) is 6.80. The van der Waals surface area contributed by atoms with Crippen LogP contribution in [0.3, 0.4) is 0 Å². The van der Waals surface area contributed by atoms with E-state index in [0.717, 1.165) is 29.6 Å². The van der Waals surface area contributed by atoms with E-state index in [2.05, 4.69) is 15.9 Å². The molecule has 1 amide bonds. The van der Waals surface area contributed by atoms with E-state index in [-0.39, 0.29) is 12.2 Å². The monoisotopic (exact) mass is 327 g/mol. The number of likely N-dealkylation sites (tertiary alicyclic amines) is 1. The van der Waals surface area contributed by atoms with Crippen molar-refractivity contribution in [1.29, 1.82) is 0 Å². The lowest BCUT2D eigenvalue weighted by atomic mass is 10.1. The van der Waals surface area contributed by atoms with Gasteiger partial charge in [0.15, 0.2) is 0 Å². The van der Waals surface area contributed by atoms with Gasteiger partial charge in [-0.15, -0.1) is 0 Å². The van der Waals surface area contributed by atoms with Gasteiger partial charge >= 0.3 is 6.09 Å². The largest absolute Gasteiger partial charge is 0.489 e. The zero-order chi connectivity index (χ0) is 13.7. The molecule has 1 aliphatic rings. The average molecular weight is 328 g/mol. The molecule has 0 aliphatic carbocycles. The first kappa shape index (κ1) is 14.2. The van der Waals surface area contributed by atoms with Crippen molar-refractivity contribution < 1.29 is 14.3 Å². The lowest BCUT2D eigenvalue weighted by Crippen LogP contribution is -2.44. The third kappa shape index (κ3) is 4.13. The quantitative estimate of drug-likeness (QED) is 0.853. The van der Waals surface area contributed by atoms with Gasteiger partial charge in [-0.25, -0.2) is 4.79 Å². The van der Waals surface area contributed by atoms with Gasteiger partial charge in [0, 0.05) is 11.0 Å². The topological polar surface area (TPSA) is 38.8 Å². The van der Waals surface area contributed by atoms with Crippen LogP contribution in [0.4, 0.5) is 4.79 Å². The number of amides is 1. The molecule has 0 radical (unpaired) electrons. The number of halogens is 1. The summed E-state index contributed by atoms with van der Waals surface area (Å²) >= 11 is 3.42. The maximum atomic E-state index is 11.7. The highest BCUT2D eigenvalue weighted by atomic mass is 79.9. The Morgan fingerprint density at radius 2 is 2.37 bits per heavy atom. The van der Waals surface area contributed by atoms with Crippen LogP contribution >= 0.6 is 15.9 Å². The molecular formula is C14H18BrNO3. The molecule has 0 saturated carbocycles. The van der Waals surface area contributed by atoms with Crippen molar-refractivity contribution in [3.63, 3.8) is 0 Å².